The number of hydrogen-bond acceptors (Lipinski definition) is 3. The molecule has 2 aromatic heterocycles. The van der Waals surface area contributed by atoms with E-state index < -0.39 is 18.1 Å². The summed E-state index contributed by atoms with van der Waals surface area (Å²) < 4.78 is 16.0. The van der Waals surface area contributed by atoms with Gasteiger partial charge in [-0.1, -0.05) is 6.07 Å². The number of aliphatic carboxylic acids is 1. The van der Waals surface area contributed by atoms with E-state index in [9.17, 15) is 14.0 Å². The Labute approximate surface area is 149 Å². The first-order chi connectivity index (χ1) is 11.5. The third kappa shape index (κ3) is 3.30. The Morgan fingerprint density at radius 2 is 2.04 bits per heavy atom. The van der Waals surface area contributed by atoms with Gasteiger partial charge in [0.05, 0.1) is 5.39 Å². The average molecular weight is 438 g/mol. The van der Waals surface area contributed by atoms with Gasteiger partial charge in [-0.3, -0.25) is 14.6 Å². The Kier molecular flexibility index (Phi) is 4.61. The van der Waals surface area contributed by atoms with Crippen LogP contribution in [0.4, 0.5) is 4.39 Å². The molecule has 0 spiro atoms. The summed E-state index contributed by atoms with van der Waals surface area (Å²) in [5, 5.41) is 9.88. The molecule has 122 valence electrons. The molecule has 0 atom stereocenters. The fraction of sp³-hybridized carbons (Fsp3) is 0.118. The van der Waals surface area contributed by atoms with Crippen molar-refractivity contribution in [2.75, 3.05) is 0 Å². The molecule has 7 heteroatoms. The molecule has 0 fully saturated rings. The molecule has 0 aliphatic heterocycles. The molecule has 0 saturated heterocycles. The molecule has 0 radical (unpaired) electrons. The third-order valence-corrected chi connectivity index (χ3v) is 4.34. The zero-order valence-corrected chi connectivity index (χ0v) is 14.5. The summed E-state index contributed by atoms with van der Waals surface area (Å²) >= 11 is 2.03. The topological polar surface area (TPSA) is 72.2 Å². The van der Waals surface area contributed by atoms with Crippen LogP contribution in [0.1, 0.15) is 11.1 Å². The summed E-state index contributed by atoms with van der Waals surface area (Å²) in [6.07, 6.45) is 4.69. The van der Waals surface area contributed by atoms with E-state index in [0.717, 1.165) is 8.14 Å². The van der Waals surface area contributed by atoms with Crippen molar-refractivity contribution in [2.24, 2.45) is 0 Å². The summed E-state index contributed by atoms with van der Waals surface area (Å²) in [7, 11) is 0. The number of carboxylic acid groups (broad SMARTS) is 1. The number of halogens is 2. The monoisotopic (exact) mass is 438 g/mol. The molecule has 0 saturated carbocycles. The number of carboxylic acids is 1. The normalized spacial score (nSPS) is 10.9. The number of hydrogen-bond donors (Lipinski definition) is 1. The van der Waals surface area contributed by atoms with Gasteiger partial charge < -0.3 is 9.67 Å². The van der Waals surface area contributed by atoms with Crippen LogP contribution in [0.2, 0.25) is 0 Å². The van der Waals surface area contributed by atoms with Crippen molar-refractivity contribution < 1.29 is 14.3 Å². The van der Waals surface area contributed by atoms with Crippen molar-refractivity contribution in [3.8, 4) is 0 Å². The van der Waals surface area contributed by atoms with Gasteiger partial charge in [-0.2, -0.15) is 0 Å². The second kappa shape index (κ2) is 6.68. The summed E-state index contributed by atoms with van der Waals surface area (Å²) in [6.45, 7) is -0.422. The minimum Gasteiger partial charge on any atom is -0.480 e. The van der Waals surface area contributed by atoms with Gasteiger partial charge in [0.1, 0.15) is 12.4 Å². The number of benzene rings is 1. The zero-order valence-electron chi connectivity index (χ0n) is 12.4. The van der Waals surface area contributed by atoms with Gasteiger partial charge in [-0.05, 0) is 51.9 Å². The summed E-state index contributed by atoms with van der Waals surface area (Å²) in [4.78, 5) is 27.6. The van der Waals surface area contributed by atoms with E-state index in [1.54, 1.807) is 18.2 Å². The molecule has 0 bridgehead atoms. The molecule has 3 rings (SSSR count). The standard InChI is InChI=1S/C17H12FIN2O3/c18-14-6-13(19)2-1-10(14)5-12-8-20-7-11-3-4-21(9-15(22)23)17(24)16(11)12/h1-4,6-8H,5,9H2,(H,22,23). The fourth-order valence-corrected chi connectivity index (χ4v) is 3.02. The van der Waals surface area contributed by atoms with E-state index in [1.807, 2.05) is 22.6 Å². The highest BCUT2D eigenvalue weighted by molar-refractivity contribution is 14.1. The lowest BCUT2D eigenvalue weighted by atomic mass is 10.0. The van der Waals surface area contributed by atoms with Crippen LogP contribution in [0.5, 0.6) is 0 Å². The van der Waals surface area contributed by atoms with Crippen LogP contribution in [-0.2, 0) is 17.8 Å². The van der Waals surface area contributed by atoms with Crippen LogP contribution in [0, 0.1) is 9.39 Å². The van der Waals surface area contributed by atoms with Gasteiger partial charge in [0.2, 0.25) is 0 Å². The number of rotatable bonds is 4. The van der Waals surface area contributed by atoms with Gasteiger partial charge in [0.15, 0.2) is 0 Å². The quantitative estimate of drug-likeness (QED) is 0.637. The highest BCUT2D eigenvalue weighted by Gasteiger charge is 2.12. The number of nitrogens with zero attached hydrogens (tertiary/aromatic N) is 2. The van der Waals surface area contributed by atoms with Crippen molar-refractivity contribution in [3.63, 3.8) is 0 Å². The molecule has 0 aliphatic carbocycles. The van der Waals surface area contributed by atoms with Crippen molar-refractivity contribution in [1.82, 2.24) is 9.55 Å². The lowest BCUT2D eigenvalue weighted by molar-refractivity contribution is -0.137. The van der Waals surface area contributed by atoms with E-state index in [0.29, 0.717) is 21.9 Å². The minimum atomic E-state index is -1.10. The van der Waals surface area contributed by atoms with Crippen LogP contribution in [-0.4, -0.2) is 20.6 Å². The first-order valence-electron chi connectivity index (χ1n) is 7.07. The lowest BCUT2D eigenvalue weighted by Crippen LogP contribution is -2.24. The lowest BCUT2D eigenvalue weighted by Gasteiger charge is -2.09. The van der Waals surface area contributed by atoms with Gasteiger partial charge in [0.25, 0.3) is 5.56 Å². The Morgan fingerprint density at radius 1 is 1.25 bits per heavy atom. The minimum absolute atomic E-state index is 0.208. The molecule has 1 N–H and O–H groups in total. The SMILES string of the molecule is O=C(O)Cn1ccc2cncc(Cc3ccc(I)cc3F)c2c1=O. The Balaban J connectivity index is 2.13. The maximum absolute atomic E-state index is 14.1. The zero-order chi connectivity index (χ0) is 17.3. The number of aromatic nitrogens is 2. The van der Waals surface area contributed by atoms with E-state index in [2.05, 4.69) is 4.98 Å². The van der Waals surface area contributed by atoms with E-state index in [1.165, 1.54) is 24.7 Å². The van der Waals surface area contributed by atoms with Crippen molar-refractivity contribution >= 4 is 39.3 Å². The number of pyridine rings is 2. The molecular weight excluding hydrogens is 426 g/mol. The summed E-state index contributed by atoms with van der Waals surface area (Å²) in [5.74, 6) is -1.45. The van der Waals surface area contributed by atoms with E-state index in [4.69, 9.17) is 5.11 Å². The second-order valence-electron chi connectivity index (χ2n) is 5.32. The largest absolute Gasteiger partial charge is 0.480 e. The molecule has 2 heterocycles. The fourth-order valence-electron chi connectivity index (χ4n) is 2.57. The van der Waals surface area contributed by atoms with Crippen LogP contribution in [0.15, 0.2) is 47.7 Å². The van der Waals surface area contributed by atoms with Crippen molar-refractivity contribution in [1.29, 1.82) is 0 Å². The molecule has 0 unspecified atom stereocenters. The summed E-state index contributed by atoms with van der Waals surface area (Å²) in [6, 6.07) is 6.53. The maximum Gasteiger partial charge on any atom is 0.323 e. The highest BCUT2D eigenvalue weighted by Crippen LogP contribution is 2.20. The Hall–Kier alpha value is -2.29. The predicted molar refractivity (Wildman–Crippen MR) is 95.6 cm³/mol. The van der Waals surface area contributed by atoms with Gasteiger partial charge >= 0.3 is 5.97 Å². The predicted octanol–water partition coefficient (Wildman–Crippen LogP) is 2.82. The second-order valence-corrected chi connectivity index (χ2v) is 6.56. The number of fused-ring (bicyclic) bond motifs is 1. The van der Waals surface area contributed by atoms with Crippen LogP contribution in [0.25, 0.3) is 10.8 Å². The van der Waals surface area contributed by atoms with Crippen LogP contribution < -0.4 is 5.56 Å². The van der Waals surface area contributed by atoms with E-state index >= 15 is 0 Å². The Bertz CT molecular complexity index is 1000. The molecule has 24 heavy (non-hydrogen) atoms. The number of carbonyl (C=O) groups is 1. The van der Waals surface area contributed by atoms with Gasteiger partial charge in [-0.25, -0.2) is 4.39 Å². The third-order valence-electron chi connectivity index (χ3n) is 3.66. The van der Waals surface area contributed by atoms with Crippen molar-refractivity contribution in [2.45, 2.75) is 13.0 Å². The average Bonchev–Trinajstić information content (AvgIpc) is 2.52. The van der Waals surface area contributed by atoms with E-state index in [-0.39, 0.29) is 12.2 Å². The molecule has 0 aliphatic rings. The molecule has 3 aromatic rings. The molecule has 0 amide bonds. The van der Waals surface area contributed by atoms with Crippen LogP contribution in [0.3, 0.4) is 0 Å². The van der Waals surface area contributed by atoms with Crippen molar-refractivity contribution in [3.05, 3.63) is 73.7 Å². The highest BCUT2D eigenvalue weighted by atomic mass is 127. The van der Waals surface area contributed by atoms with Gasteiger partial charge in [-0.15, -0.1) is 0 Å². The van der Waals surface area contributed by atoms with Gasteiger partial charge in [0, 0.05) is 34.0 Å². The van der Waals surface area contributed by atoms with Crippen LogP contribution >= 0.6 is 22.6 Å². The summed E-state index contributed by atoms with van der Waals surface area (Å²) in [5.41, 5.74) is 0.605. The maximum atomic E-state index is 14.1. The first kappa shape index (κ1) is 16.6. The Morgan fingerprint density at radius 3 is 2.75 bits per heavy atom. The first-order valence-corrected chi connectivity index (χ1v) is 8.15. The molecular formula is C17H12FIN2O3. The molecule has 1 aromatic carbocycles. The smallest absolute Gasteiger partial charge is 0.323 e. The molecule has 5 nitrogen and oxygen atoms in total.